The number of rotatable bonds is 3. The number of carbonyl (C=O) groups is 1. The fraction of sp³-hybridized carbons (Fsp3) is 0.417. The number of alkyl halides is 3. The Labute approximate surface area is 116 Å². The van der Waals surface area contributed by atoms with Crippen molar-refractivity contribution in [3.8, 4) is 0 Å². The molecule has 1 aliphatic heterocycles. The number of hydrogen-bond acceptors (Lipinski definition) is 2. The van der Waals surface area contributed by atoms with Gasteiger partial charge in [-0.2, -0.15) is 13.2 Å². The minimum absolute atomic E-state index is 0.0628. The molecule has 1 amide bonds. The predicted molar refractivity (Wildman–Crippen MR) is 66.1 cm³/mol. The van der Waals surface area contributed by atoms with E-state index in [0.717, 1.165) is 12.1 Å². The van der Waals surface area contributed by atoms with Crippen LogP contribution in [0.15, 0.2) is 18.2 Å². The largest absolute Gasteiger partial charge is 0.465 e. The van der Waals surface area contributed by atoms with Crippen molar-refractivity contribution in [3.63, 3.8) is 0 Å². The lowest BCUT2D eigenvalue weighted by atomic mass is 10.1. The van der Waals surface area contributed by atoms with Crippen LogP contribution >= 0.6 is 11.8 Å². The summed E-state index contributed by atoms with van der Waals surface area (Å²) in [5.74, 6) is -0.663. The van der Waals surface area contributed by atoms with E-state index in [2.05, 4.69) is 0 Å². The fourth-order valence-corrected chi connectivity index (χ4v) is 2.97. The second kappa shape index (κ2) is 5.51. The highest BCUT2D eigenvalue weighted by atomic mass is 32.2. The van der Waals surface area contributed by atoms with Crippen LogP contribution in [0.4, 0.5) is 22.4 Å². The van der Waals surface area contributed by atoms with Gasteiger partial charge >= 0.3 is 12.3 Å². The van der Waals surface area contributed by atoms with E-state index in [-0.39, 0.29) is 16.6 Å². The van der Waals surface area contributed by atoms with E-state index in [4.69, 9.17) is 5.11 Å². The van der Waals surface area contributed by atoms with Crippen molar-refractivity contribution in [1.29, 1.82) is 0 Å². The van der Waals surface area contributed by atoms with Crippen molar-refractivity contribution in [2.45, 2.75) is 17.2 Å². The van der Waals surface area contributed by atoms with Gasteiger partial charge in [-0.25, -0.2) is 9.18 Å². The van der Waals surface area contributed by atoms with E-state index in [0.29, 0.717) is 19.2 Å². The summed E-state index contributed by atoms with van der Waals surface area (Å²) >= 11 is 1.34. The van der Waals surface area contributed by atoms with Gasteiger partial charge in [0.25, 0.3) is 0 Å². The van der Waals surface area contributed by atoms with Crippen LogP contribution in [0.2, 0.25) is 0 Å². The van der Waals surface area contributed by atoms with Crippen LogP contribution in [-0.4, -0.2) is 34.4 Å². The molecule has 1 saturated heterocycles. The summed E-state index contributed by atoms with van der Waals surface area (Å²) in [4.78, 5) is 11.8. The lowest BCUT2D eigenvalue weighted by Crippen LogP contribution is -2.51. The summed E-state index contributed by atoms with van der Waals surface area (Å²) in [6.07, 6.45) is -5.55. The second-order valence-electron chi connectivity index (χ2n) is 4.42. The molecule has 0 bridgehead atoms. The summed E-state index contributed by atoms with van der Waals surface area (Å²) in [7, 11) is 0. The third-order valence-corrected chi connectivity index (χ3v) is 4.22. The summed E-state index contributed by atoms with van der Waals surface area (Å²) < 4.78 is 50.6. The van der Waals surface area contributed by atoms with Crippen molar-refractivity contribution in [2.24, 2.45) is 0 Å². The fourth-order valence-electron chi connectivity index (χ4n) is 1.75. The second-order valence-corrected chi connectivity index (χ2v) is 5.71. The number of benzene rings is 1. The minimum Gasteiger partial charge on any atom is -0.465 e. The Balaban J connectivity index is 1.90. The smallest absolute Gasteiger partial charge is 0.416 e. The van der Waals surface area contributed by atoms with E-state index in [9.17, 15) is 22.4 Å². The molecule has 1 fully saturated rings. The first kappa shape index (κ1) is 15.0. The molecule has 1 aromatic rings. The Hall–Kier alpha value is -1.44. The maximum atomic E-state index is 13.5. The molecule has 8 heteroatoms. The summed E-state index contributed by atoms with van der Waals surface area (Å²) in [6.45, 7) is 0.727. The number of hydrogen-bond donors (Lipinski definition) is 1. The Morgan fingerprint density at radius 3 is 2.55 bits per heavy atom. The number of halogens is 4. The van der Waals surface area contributed by atoms with Crippen molar-refractivity contribution in [3.05, 3.63) is 35.1 Å². The van der Waals surface area contributed by atoms with E-state index >= 15 is 0 Å². The lowest BCUT2D eigenvalue weighted by Gasteiger charge is -2.36. The zero-order valence-corrected chi connectivity index (χ0v) is 11.0. The van der Waals surface area contributed by atoms with Crippen molar-refractivity contribution >= 4 is 17.9 Å². The molecule has 0 radical (unpaired) electrons. The summed E-state index contributed by atoms with van der Waals surface area (Å²) in [5.41, 5.74) is -0.818. The van der Waals surface area contributed by atoms with Crippen molar-refractivity contribution in [1.82, 2.24) is 4.90 Å². The third-order valence-electron chi connectivity index (χ3n) is 2.97. The standard InChI is InChI=1S/C12H11F4NO2S/c13-10-3-8(12(14,15)16)2-1-7(10)6-20-9-4-17(5-9)11(18)19/h1-3,9H,4-6H2,(H,18,19). The molecule has 1 N–H and O–H groups in total. The highest BCUT2D eigenvalue weighted by Gasteiger charge is 2.32. The molecule has 1 heterocycles. The van der Waals surface area contributed by atoms with Crippen LogP contribution in [0.5, 0.6) is 0 Å². The maximum Gasteiger partial charge on any atom is 0.416 e. The zero-order chi connectivity index (χ0) is 14.9. The number of nitrogens with zero attached hydrogens (tertiary/aromatic N) is 1. The van der Waals surface area contributed by atoms with Crippen LogP contribution in [0.3, 0.4) is 0 Å². The van der Waals surface area contributed by atoms with E-state index in [1.165, 1.54) is 16.7 Å². The average Bonchev–Trinajstić information content (AvgIpc) is 2.26. The first-order valence-corrected chi connectivity index (χ1v) is 6.77. The van der Waals surface area contributed by atoms with Crippen molar-refractivity contribution in [2.75, 3.05) is 13.1 Å². The number of likely N-dealkylation sites (tertiary alicyclic amines) is 1. The molecule has 1 aliphatic rings. The molecule has 1 aromatic carbocycles. The molecule has 0 spiro atoms. The molecule has 0 unspecified atom stereocenters. The van der Waals surface area contributed by atoms with Gasteiger partial charge in [0.2, 0.25) is 0 Å². The van der Waals surface area contributed by atoms with Gasteiger partial charge in [-0.15, -0.1) is 11.8 Å². The summed E-state index contributed by atoms with van der Waals surface area (Å²) in [6, 6.07) is 2.46. The molecule has 0 saturated carbocycles. The van der Waals surface area contributed by atoms with Crippen LogP contribution in [0, 0.1) is 5.82 Å². The third kappa shape index (κ3) is 3.36. The molecule has 3 nitrogen and oxygen atoms in total. The van der Waals surface area contributed by atoms with E-state index < -0.39 is 23.7 Å². The van der Waals surface area contributed by atoms with Crippen LogP contribution in [0.1, 0.15) is 11.1 Å². The summed E-state index contributed by atoms with van der Waals surface area (Å²) in [5, 5.41) is 8.70. The molecular formula is C12H11F4NO2S. The highest BCUT2D eigenvalue weighted by Crippen LogP contribution is 2.32. The van der Waals surface area contributed by atoms with Gasteiger partial charge in [-0.1, -0.05) is 6.07 Å². The minimum atomic E-state index is -4.55. The maximum absolute atomic E-state index is 13.5. The van der Waals surface area contributed by atoms with Crippen LogP contribution in [0.25, 0.3) is 0 Å². The topological polar surface area (TPSA) is 40.5 Å². The Kier molecular flexibility index (Phi) is 4.12. The van der Waals surface area contributed by atoms with Gasteiger partial charge < -0.3 is 10.0 Å². The van der Waals surface area contributed by atoms with Gasteiger partial charge in [0.15, 0.2) is 0 Å². The van der Waals surface area contributed by atoms with Gasteiger partial charge in [0, 0.05) is 24.1 Å². The van der Waals surface area contributed by atoms with Gasteiger partial charge in [-0.05, 0) is 17.7 Å². The van der Waals surface area contributed by atoms with Gasteiger partial charge in [0.1, 0.15) is 5.82 Å². The normalized spacial score (nSPS) is 16.1. The predicted octanol–water partition coefficient (Wildman–Crippen LogP) is 3.44. The zero-order valence-electron chi connectivity index (χ0n) is 10.2. The molecular weight excluding hydrogens is 298 g/mol. The molecule has 110 valence electrons. The van der Waals surface area contributed by atoms with Gasteiger partial charge in [-0.3, -0.25) is 0 Å². The number of amides is 1. The Morgan fingerprint density at radius 1 is 1.40 bits per heavy atom. The molecule has 0 atom stereocenters. The SMILES string of the molecule is O=C(O)N1CC(SCc2ccc(C(F)(F)F)cc2F)C1. The Bertz CT molecular complexity index is 515. The molecule has 0 aliphatic carbocycles. The van der Waals surface area contributed by atoms with Crippen LogP contribution < -0.4 is 0 Å². The molecule has 2 rings (SSSR count). The molecule has 0 aromatic heterocycles. The highest BCUT2D eigenvalue weighted by molar-refractivity contribution is 7.99. The first-order chi connectivity index (χ1) is 9.27. The van der Waals surface area contributed by atoms with Gasteiger partial charge in [0.05, 0.1) is 5.56 Å². The van der Waals surface area contributed by atoms with Crippen molar-refractivity contribution < 1.29 is 27.5 Å². The van der Waals surface area contributed by atoms with E-state index in [1.54, 1.807) is 0 Å². The lowest BCUT2D eigenvalue weighted by molar-refractivity contribution is -0.137. The Morgan fingerprint density at radius 2 is 2.05 bits per heavy atom. The number of carboxylic acid groups (broad SMARTS) is 1. The first-order valence-electron chi connectivity index (χ1n) is 5.72. The quantitative estimate of drug-likeness (QED) is 0.870. The molecule has 20 heavy (non-hydrogen) atoms. The van der Waals surface area contributed by atoms with Crippen LogP contribution in [-0.2, 0) is 11.9 Å². The van der Waals surface area contributed by atoms with E-state index in [1.807, 2.05) is 0 Å². The number of thioether (sulfide) groups is 1. The average molecular weight is 309 g/mol. The monoisotopic (exact) mass is 309 g/mol.